The number of nitrogens with zero attached hydrogens (tertiary/aromatic N) is 1. The molecule has 0 aromatic heterocycles. The van der Waals surface area contributed by atoms with E-state index in [1.165, 1.54) is 12.1 Å². The van der Waals surface area contributed by atoms with E-state index in [2.05, 4.69) is 10.6 Å². The van der Waals surface area contributed by atoms with Gasteiger partial charge in [0.2, 0.25) is 5.91 Å². The molecule has 0 unspecified atom stereocenters. The number of carbonyl (C=O) groups is 2. The Morgan fingerprint density at radius 1 is 0.821 bits per heavy atom. The van der Waals surface area contributed by atoms with Gasteiger partial charge in [0, 0.05) is 0 Å². The van der Waals surface area contributed by atoms with E-state index in [9.17, 15) is 18.0 Å². The Kier molecular flexibility index (Phi) is 8.46. The molecule has 200 valence electrons. The fourth-order valence-corrected chi connectivity index (χ4v) is 5.82. The minimum absolute atomic E-state index is 0.0763. The Labute approximate surface area is 229 Å². The first-order chi connectivity index (χ1) is 18.7. The number of hydrogen-bond acceptors (Lipinski definition) is 4. The van der Waals surface area contributed by atoms with E-state index in [-0.39, 0.29) is 28.1 Å². The molecule has 0 fully saturated rings. The Hall–Kier alpha value is -4.43. The van der Waals surface area contributed by atoms with Crippen molar-refractivity contribution in [1.29, 1.82) is 0 Å². The van der Waals surface area contributed by atoms with E-state index in [1.54, 1.807) is 61.5 Å². The molecule has 0 saturated carbocycles. The van der Waals surface area contributed by atoms with Gasteiger partial charge in [-0.2, -0.15) is 0 Å². The summed E-state index contributed by atoms with van der Waals surface area (Å²) in [6, 6.07) is 29.3. The highest BCUT2D eigenvalue weighted by atomic mass is 32.2. The van der Waals surface area contributed by atoms with Gasteiger partial charge < -0.3 is 10.6 Å². The van der Waals surface area contributed by atoms with Crippen molar-refractivity contribution in [2.24, 2.45) is 0 Å². The highest BCUT2D eigenvalue weighted by molar-refractivity contribution is 7.92. The minimum Gasteiger partial charge on any atom is -0.345 e. The molecule has 8 heteroatoms. The van der Waals surface area contributed by atoms with Crippen molar-refractivity contribution in [1.82, 2.24) is 5.32 Å². The molecular formula is C31H31N3O4S. The van der Waals surface area contributed by atoms with Crippen molar-refractivity contribution in [2.45, 2.75) is 31.7 Å². The Bertz CT molecular complexity index is 1570. The highest BCUT2D eigenvalue weighted by Gasteiger charge is 2.28. The lowest BCUT2D eigenvalue weighted by atomic mass is 10.1. The first-order valence-corrected chi connectivity index (χ1v) is 14.0. The maximum Gasteiger partial charge on any atom is 0.264 e. The standard InChI is InChI=1S/C31H31N3O4S/c1-22-18-19-29(23(2)20-22)34(39(37,38)26-14-8-5-9-15-26)21-30(35)33-28-17-11-10-16-27(28)31(36)32-24(3)25-12-6-4-7-13-25/h4-20,24H,21H2,1-3H3,(H,32,36)(H,33,35)/t24-/m0/s1. The quantitative estimate of drug-likeness (QED) is 0.287. The van der Waals surface area contributed by atoms with E-state index in [1.807, 2.05) is 50.2 Å². The first-order valence-electron chi connectivity index (χ1n) is 12.6. The molecule has 1 atom stereocenters. The van der Waals surface area contributed by atoms with Crippen molar-refractivity contribution in [3.05, 3.63) is 125 Å². The van der Waals surface area contributed by atoms with Gasteiger partial charge in [0.1, 0.15) is 6.54 Å². The number of nitrogens with one attached hydrogen (secondary N) is 2. The molecule has 0 radical (unpaired) electrons. The van der Waals surface area contributed by atoms with E-state index in [0.717, 1.165) is 21.0 Å². The molecule has 0 aliphatic rings. The van der Waals surface area contributed by atoms with Gasteiger partial charge in [-0.05, 0) is 62.2 Å². The van der Waals surface area contributed by atoms with Gasteiger partial charge in [0.15, 0.2) is 0 Å². The molecule has 2 N–H and O–H groups in total. The van der Waals surface area contributed by atoms with Gasteiger partial charge in [-0.1, -0.05) is 78.4 Å². The number of benzene rings is 4. The third-order valence-corrected chi connectivity index (χ3v) is 8.11. The highest BCUT2D eigenvalue weighted by Crippen LogP contribution is 2.28. The molecular weight excluding hydrogens is 510 g/mol. The lowest BCUT2D eigenvalue weighted by molar-refractivity contribution is -0.114. The number of hydrogen-bond donors (Lipinski definition) is 2. The molecule has 39 heavy (non-hydrogen) atoms. The largest absolute Gasteiger partial charge is 0.345 e. The van der Waals surface area contributed by atoms with Gasteiger partial charge in [-0.3, -0.25) is 13.9 Å². The summed E-state index contributed by atoms with van der Waals surface area (Å²) in [6.45, 7) is 5.13. The summed E-state index contributed by atoms with van der Waals surface area (Å²) in [4.78, 5) is 26.5. The lowest BCUT2D eigenvalue weighted by Gasteiger charge is -2.26. The van der Waals surface area contributed by atoms with Crippen molar-refractivity contribution in [3.63, 3.8) is 0 Å². The third kappa shape index (κ3) is 6.53. The van der Waals surface area contributed by atoms with Gasteiger partial charge in [-0.25, -0.2) is 8.42 Å². The second-order valence-electron chi connectivity index (χ2n) is 9.31. The van der Waals surface area contributed by atoms with Crippen LogP contribution in [0.4, 0.5) is 11.4 Å². The summed E-state index contributed by atoms with van der Waals surface area (Å²) in [5.41, 5.74) is 3.61. The Balaban J connectivity index is 1.60. The zero-order valence-electron chi connectivity index (χ0n) is 22.1. The van der Waals surface area contributed by atoms with Gasteiger partial charge in [0.25, 0.3) is 15.9 Å². The second-order valence-corrected chi connectivity index (χ2v) is 11.2. The molecule has 0 saturated heterocycles. The van der Waals surface area contributed by atoms with Crippen LogP contribution in [-0.2, 0) is 14.8 Å². The SMILES string of the molecule is Cc1ccc(N(CC(=O)Nc2ccccc2C(=O)N[C@@H](C)c2ccccc2)S(=O)(=O)c2ccccc2)c(C)c1. The van der Waals surface area contributed by atoms with Crippen LogP contribution in [0.1, 0.15) is 40.0 Å². The van der Waals surface area contributed by atoms with Gasteiger partial charge in [0.05, 0.1) is 27.9 Å². The summed E-state index contributed by atoms with van der Waals surface area (Å²) < 4.78 is 28.4. The predicted molar refractivity (Wildman–Crippen MR) is 154 cm³/mol. The van der Waals surface area contributed by atoms with Crippen molar-refractivity contribution in [3.8, 4) is 0 Å². The predicted octanol–water partition coefficient (Wildman–Crippen LogP) is 5.63. The molecule has 0 spiro atoms. The van der Waals surface area contributed by atoms with Crippen LogP contribution >= 0.6 is 0 Å². The van der Waals surface area contributed by atoms with Crippen LogP contribution in [0.5, 0.6) is 0 Å². The number of sulfonamides is 1. The van der Waals surface area contributed by atoms with Crippen LogP contribution in [0.15, 0.2) is 108 Å². The van der Waals surface area contributed by atoms with E-state index in [4.69, 9.17) is 0 Å². The molecule has 4 aromatic rings. The Morgan fingerprint density at radius 3 is 2.10 bits per heavy atom. The zero-order valence-corrected chi connectivity index (χ0v) is 22.9. The second kappa shape index (κ2) is 12.0. The average Bonchev–Trinajstić information content (AvgIpc) is 2.93. The number of para-hydroxylation sites is 1. The van der Waals surface area contributed by atoms with Crippen LogP contribution < -0.4 is 14.9 Å². The van der Waals surface area contributed by atoms with Gasteiger partial charge >= 0.3 is 0 Å². The van der Waals surface area contributed by atoms with E-state index in [0.29, 0.717) is 5.69 Å². The molecule has 4 rings (SSSR count). The number of rotatable bonds is 9. The Morgan fingerprint density at radius 2 is 1.44 bits per heavy atom. The summed E-state index contributed by atoms with van der Waals surface area (Å²) in [7, 11) is -4.06. The normalized spacial score (nSPS) is 11.9. The topological polar surface area (TPSA) is 95.6 Å². The van der Waals surface area contributed by atoms with Crippen LogP contribution in [0.3, 0.4) is 0 Å². The molecule has 0 heterocycles. The molecule has 0 aliphatic carbocycles. The fraction of sp³-hybridized carbons (Fsp3) is 0.161. The molecule has 4 aromatic carbocycles. The molecule has 7 nitrogen and oxygen atoms in total. The summed E-state index contributed by atoms with van der Waals surface area (Å²) in [5.74, 6) is -0.934. The third-order valence-electron chi connectivity index (χ3n) is 6.33. The fourth-order valence-electron chi connectivity index (χ4n) is 4.31. The number of amides is 2. The van der Waals surface area contributed by atoms with Crippen molar-refractivity contribution < 1.29 is 18.0 Å². The molecule has 0 aliphatic heterocycles. The number of carbonyl (C=O) groups excluding carboxylic acids is 2. The minimum atomic E-state index is -4.06. The number of aryl methyl sites for hydroxylation is 2. The van der Waals surface area contributed by atoms with Gasteiger partial charge in [-0.15, -0.1) is 0 Å². The maximum atomic E-state index is 13.7. The van der Waals surface area contributed by atoms with Crippen LogP contribution in [0.25, 0.3) is 0 Å². The van der Waals surface area contributed by atoms with E-state index >= 15 is 0 Å². The summed E-state index contributed by atoms with van der Waals surface area (Å²) >= 11 is 0. The van der Waals surface area contributed by atoms with Crippen LogP contribution in [0.2, 0.25) is 0 Å². The van der Waals surface area contributed by atoms with E-state index < -0.39 is 22.5 Å². The van der Waals surface area contributed by atoms with Crippen LogP contribution in [0, 0.1) is 13.8 Å². The lowest BCUT2D eigenvalue weighted by Crippen LogP contribution is -2.39. The average molecular weight is 542 g/mol. The zero-order chi connectivity index (χ0) is 28.0. The summed E-state index contributed by atoms with van der Waals surface area (Å²) in [5, 5.41) is 5.71. The smallest absolute Gasteiger partial charge is 0.264 e. The van der Waals surface area contributed by atoms with Crippen LogP contribution in [-0.4, -0.2) is 26.8 Å². The maximum absolute atomic E-state index is 13.7. The molecule has 0 bridgehead atoms. The molecule has 2 amide bonds. The first kappa shape index (κ1) is 27.6. The van der Waals surface area contributed by atoms with Crippen molar-refractivity contribution >= 4 is 33.2 Å². The summed E-state index contributed by atoms with van der Waals surface area (Å²) in [6.07, 6.45) is 0. The monoisotopic (exact) mass is 541 g/mol. The van der Waals surface area contributed by atoms with Crippen molar-refractivity contribution in [2.75, 3.05) is 16.2 Å². The number of anilines is 2.